The summed E-state index contributed by atoms with van der Waals surface area (Å²) in [5, 5.41) is 24.0. The molecule has 9 nitrogen and oxygen atoms in total. The zero-order valence-corrected chi connectivity index (χ0v) is 23.0. The molecular formula is C28H41FN2O7. The van der Waals surface area contributed by atoms with Crippen molar-refractivity contribution in [3.63, 3.8) is 0 Å². The monoisotopic (exact) mass is 536 g/mol. The lowest BCUT2D eigenvalue weighted by Gasteiger charge is -2.30. The van der Waals surface area contributed by atoms with E-state index in [9.17, 15) is 19.8 Å². The maximum absolute atomic E-state index is 15.3. The van der Waals surface area contributed by atoms with Gasteiger partial charge >= 0.3 is 6.09 Å². The quantitative estimate of drug-likeness (QED) is 0.335. The van der Waals surface area contributed by atoms with Gasteiger partial charge in [0.15, 0.2) is 11.9 Å². The maximum Gasteiger partial charge on any atom is 0.405 e. The van der Waals surface area contributed by atoms with Crippen molar-refractivity contribution in [1.82, 2.24) is 0 Å². The summed E-state index contributed by atoms with van der Waals surface area (Å²) in [6.07, 6.45) is 0.923. The number of ether oxygens (including phenoxy) is 3. The molecule has 10 heteroatoms. The van der Waals surface area contributed by atoms with E-state index >= 15 is 4.39 Å². The number of fused-ring (bicyclic) bond motifs is 2. The first-order valence-electron chi connectivity index (χ1n) is 12.8. The van der Waals surface area contributed by atoms with Crippen LogP contribution in [0.25, 0.3) is 0 Å². The molecule has 5 N–H and O–H groups in total. The molecule has 1 aliphatic heterocycles. The first-order chi connectivity index (χ1) is 17.9. The predicted octanol–water partition coefficient (Wildman–Crippen LogP) is 4.22. The number of anilines is 1. The average molecular weight is 537 g/mol. The molecule has 0 aromatic heterocycles. The number of hydrogen-bond acceptors (Lipinski definition) is 7. The number of aliphatic hydroxyl groups is 1. The molecule has 2 amide bonds. The Morgan fingerprint density at radius 2 is 1.82 bits per heavy atom. The van der Waals surface area contributed by atoms with Crippen molar-refractivity contribution in [2.75, 3.05) is 19.5 Å². The minimum absolute atomic E-state index is 0.0397. The predicted molar refractivity (Wildman–Crippen MR) is 142 cm³/mol. The number of halogens is 1. The van der Waals surface area contributed by atoms with Crippen LogP contribution < -0.4 is 11.1 Å². The van der Waals surface area contributed by atoms with E-state index in [1.807, 2.05) is 13.8 Å². The molecule has 38 heavy (non-hydrogen) atoms. The van der Waals surface area contributed by atoms with Gasteiger partial charge in [-0.05, 0) is 63.2 Å². The van der Waals surface area contributed by atoms with Crippen LogP contribution in [0.15, 0.2) is 35.4 Å². The van der Waals surface area contributed by atoms with Crippen LogP contribution in [0.1, 0.15) is 52.5 Å². The molecule has 0 spiro atoms. The van der Waals surface area contributed by atoms with Gasteiger partial charge < -0.3 is 35.5 Å². The number of carbonyl (C=O) groups is 2. The zero-order chi connectivity index (χ0) is 28.6. The van der Waals surface area contributed by atoms with Crippen molar-refractivity contribution in [3.8, 4) is 5.75 Å². The second kappa shape index (κ2) is 14.3. The summed E-state index contributed by atoms with van der Waals surface area (Å²) >= 11 is 0. The molecular weight excluding hydrogens is 495 g/mol. The van der Waals surface area contributed by atoms with Gasteiger partial charge in [0.25, 0.3) is 5.91 Å². The minimum atomic E-state index is -0.960. The summed E-state index contributed by atoms with van der Waals surface area (Å²) in [7, 11) is 2.97. The summed E-state index contributed by atoms with van der Waals surface area (Å²) < 4.78 is 31.9. The smallest absolute Gasteiger partial charge is 0.405 e. The molecule has 1 aliphatic rings. The van der Waals surface area contributed by atoms with Gasteiger partial charge in [0, 0.05) is 31.3 Å². The van der Waals surface area contributed by atoms with Crippen molar-refractivity contribution in [1.29, 1.82) is 0 Å². The normalized spacial score (nSPS) is 28.2. The standard InChI is InChI=1S/C28H41FN2O7/c1-15-12-19-21(32)11-10-20(24(19)29)31-27(34)16(2)8-7-9-22(36-5)26(38-28(30)35)18(4)14-17(3)25(33)23(13-15)37-6/h8,10-11,14-15,17,22-23,25-26,32-33H,7,9,12-13H2,1-6H3,(H2,30,35)(H,31,34)/t15-,17+,22+,23+,25-,26+/m1/s1. The Balaban J connectivity index is 2.52. The number of amides is 2. The number of allylic oxidation sites excluding steroid dienone is 1. The number of nitrogens with one attached hydrogen (secondary N) is 1. The van der Waals surface area contributed by atoms with E-state index in [1.54, 1.807) is 26.0 Å². The van der Waals surface area contributed by atoms with Gasteiger partial charge in [-0.25, -0.2) is 9.18 Å². The van der Waals surface area contributed by atoms with Crippen LogP contribution in [0.4, 0.5) is 14.9 Å². The highest BCUT2D eigenvalue weighted by atomic mass is 19.1. The number of aliphatic hydroxyl groups excluding tert-OH is 1. The number of carbonyl (C=O) groups excluding carboxylic acids is 2. The van der Waals surface area contributed by atoms with E-state index in [2.05, 4.69) is 5.32 Å². The number of nitrogens with two attached hydrogens (primary N) is 1. The molecule has 0 saturated heterocycles. The van der Waals surface area contributed by atoms with Crippen LogP contribution in [0.5, 0.6) is 5.75 Å². The first-order valence-corrected chi connectivity index (χ1v) is 12.8. The van der Waals surface area contributed by atoms with Crippen LogP contribution in [-0.2, 0) is 25.4 Å². The number of benzene rings is 1. The molecule has 212 valence electrons. The Bertz CT molecular complexity index is 1040. The topological polar surface area (TPSA) is 140 Å². The fourth-order valence-corrected chi connectivity index (χ4v) is 4.81. The molecule has 0 fully saturated rings. The van der Waals surface area contributed by atoms with Crippen molar-refractivity contribution in [2.24, 2.45) is 17.6 Å². The lowest BCUT2D eigenvalue weighted by molar-refractivity contribution is -0.112. The van der Waals surface area contributed by atoms with E-state index in [1.165, 1.54) is 26.4 Å². The van der Waals surface area contributed by atoms with Crippen LogP contribution in [-0.4, -0.2) is 60.8 Å². The van der Waals surface area contributed by atoms with Gasteiger partial charge in [-0.1, -0.05) is 26.0 Å². The third kappa shape index (κ3) is 8.28. The Labute approximate surface area is 223 Å². The van der Waals surface area contributed by atoms with E-state index in [4.69, 9.17) is 19.9 Å². The second-order valence-electron chi connectivity index (χ2n) is 10.1. The van der Waals surface area contributed by atoms with Crippen LogP contribution in [0.3, 0.4) is 0 Å². The molecule has 0 radical (unpaired) electrons. The van der Waals surface area contributed by atoms with Gasteiger partial charge in [0.1, 0.15) is 5.75 Å². The van der Waals surface area contributed by atoms with Crippen molar-refractivity contribution in [2.45, 2.75) is 77.8 Å². The number of aromatic hydroxyl groups is 1. The highest BCUT2D eigenvalue weighted by Gasteiger charge is 2.30. The summed E-state index contributed by atoms with van der Waals surface area (Å²) in [4.78, 5) is 24.4. The Morgan fingerprint density at radius 1 is 1.16 bits per heavy atom. The zero-order valence-electron chi connectivity index (χ0n) is 23.0. The molecule has 0 saturated carbocycles. The number of phenols is 1. The highest BCUT2D eigenvalue weighted by molar-refractivity contribution is 6.03. The summed E-state index contributed by atoms with van der Waals surface area (Å²) in [5.74, 6) is -1.99. The number of rotatable bonds is 3. The van der Waals surface area contributed by atoms with Crippen molar-refractivity contribution >= 4 is 17.7 Å². The number of methoxy groups -OCH3 is 2. The van der Waals surface area contributed by atoms with E-state index in [0.29, 0.717) is 30.4 Å². The van der Waals surface area contributed by atoms with Crippen LogP contribution in [0.2, 0.25) is 0 Å². The largest absolute Gasteiger partial charge is 0.508 e. The molecule has 1 aromatic carbocycles. The third-order valence-corrected chi connectivity index (χ3v) is 6.99. The van der Waals surface area contributed by atoms with E-state index in [-0.39, 0.29) is 29.3 Å². The van der Waals surface area contributed by atoms with E-state index < -0.39 is 48.2 Å². The fourth-order valence-electron chi connectivity index (χ4n) is 4.81. The van der Waals surface area contributed by atoms with E-state index in [0.717, 1.165) is 0 Å². The SMILES string of the molecule is CO[C@H]1C[C@H](C)Cc2c(O)ccc(c2F)NC(=O)C(C)=CCC[C@H](OC)[C@@H](OC(N)=O)C(C)=C[C@H](C)[C@H]1O. The molecule has 0 unspecified atom stereocenters. The number of phenolic OH excluding ortho intramolecular Hbond substituents is 1. The van der Waals surface area contributed by atoms with Crippen molar-refractivity contribution < 1.29 is 38.4 Å². The molecule has 2 rings (SSSR count). The molecule has 1 heterocycles. The third-order valence-electron chi connectivity index (χ3n) is 6.99. The number of primary amides is 1. The Hall–Kier alpha value is -2.95. The van der Waals surface area contributed by atoms with Crippen molar-refractivity contribution in [3.05, 3.63) is 46.8 Å². The minimum Gasteiger partial charge on any atom is -0.508 e. The Morgan fingerprint density at radius 3 is 2.42 bits per heavy atom. The van der Waals surface area contributed by atoms with Gasteiger partial charge in [0.05, 0.1) is 24.0 Å². The van der Waals surface area contributed by atoms with Crippen LogP contribution in [0, 0.1) is 17.7 Å². The van der Waals surface area contributed by atoms with Gasteiger partial charge in [-0.2, -0.15) is 0 Å². The maximum atomic E-state index is 15.3. The first kappa shape index (κ1) is 31.3. The Kier molecular flexibility index (Phi) is 11.7. The molecule has 6 atom stereocenters. The lowest BCUT2D eigenvalue weighted by atomic mass is 9.88. The average Bonchev–Trinajstić information content (AvgIpc) is 2.86. The summed E-state index contributed by atoms with van der Waals surface area (Å²) in [6.45, 7) is 7.05. The lowest BCUT2D eigenvalue weighted by Crippen LogP contribution is -2.37. The summed E-state index contributed by atoms with van der Waals surface area (Å²) in [5.41, 5.74) is 6.38. The van der Waals surface area contributed by atoms with Crippen LogP contribution >= 0.6 is 0 Å². The molecule has 2 bridgehead atoms. The van der Waals surface area contributed by atoms with Gasteiger partial charge in [0.2, 0.25) is 0 Å². The van der Waals surface area contributed by atoms with Gasteiger partial charge in [-0.3, -0.25) is 4.79 Å². The fraction of sp³-hybridized carbons (Fsp3) is 0.571. The molecule has 0 aliphatic carbocycles. The number of hydrogen-bond donors (Lipinski definition) is 4. The summed E-state index contributed by atoms with van der Waals surface area (Å²) in [6, 6.07) is 2.67. The second-order valence-corrected chi connectivity index (χ2v) is 10.1. The van der Waals surface area contributed by atoms with Gasteiger partial charge in [-0.15, -0.1) is 0 Å². The molecule has 1 aromatic rings. The highest BCUT2D eigenvalue weighted by Crippen LogP contribution is 2.31.